The van der Waals surface area contributed by atoms with Gasteiger partial charge in [0, 0.05) is 56.0 Å². The van der Waals surface area contributed by atoms with Crippen LogP contribution in [0.25, 0.3) is 21.5 Å². The summed E-state index contributed by atoms with van der Waals surface area (Å²) in [7, 11) is 0. The van der Waals surface area contributed by atoms with Crippen LogP contribution in [0.2, 0.25) is 10.0 Å². The lowest BCUT2D eigenvalue weighted by atomic mass is 9.99. The van der Waals surface area contributed by atoms with E-state index in [-0.39, 0.29) is 66.3 Å². The monoisotopic (exact) mass is 732 g/mol. The van der Waals surface area contributed by atoms with Gasteiger partial charge in [-0.05, 0) is 49.9 Å². The summed E-state index contributed by atoms with van der Waals surface area (Å²) in [6.45, 7) is 0.871. The van der Waals surface area contributed by atoms with E-state index in [1.807, 2.05) is 0 Å². The lowest BCUT2D eigenvalue weighted by molar-refractivity contribution is 0.0202. The highest BCUT2D eigenvalue weighted by molar-refractivity contribution is 7.22. The van der Waals surface area contributed by atoms with Crippen LogP contribution < -0.4 is 4.90 Å². The van der Waals surface area contributed by atoms with E-state index in [0.29, 0.717) is 63.7 Å². The first-order valence-electron chi connectivity index (χ1n) is 16.4. The first-order valence-corrected chi connectivity index (χ1v) is 18.0. The zero-order chi connectivity index (χ0) is 34.2. The molecule has 0 radical (unpaired) electrons. The van der Waals surface area contributed by atoms with Crippen molar-refractivity contribution in [2.75, 3.05) is 44.4 Å². The number of piperidine rings is 1. The third-order valence-corrected chi connectivity index (χ3v) is 11.0. The summed E-state index contributed by atoms with van der Waals surface area (Å²) < 4.78 is 33.0. The van der Waals surface area contributed by atoms with Crippen molar-refractivity contribution < 1.29 is 38.2 Å². The van der Waals surface area contributed by atoms with Gasteiger partial charge in [-0.3, -0.25) is 4.90 Å². The Kier molecular flexibility index (Phi) is 10.1. The minimum absolute atomic E-state index is 0.0311. The maximum Gasteiger partial charge on any atom is 0.344 e. The average Bonchev–Trinajstić information content (AvgIpc) is 3.57. The quantitative estimate of drug-likeness (QED) is 0.155. The number of ether oxygens (including phenoxy) is 2. The molecule has 0 spiro atoms. The molecule has 0 amide bonds. The fourth-order valence-electron chi connectivity index (χ4n) is 6.94. The number of halogens is 3. The fraction of sp³-hybridized carbons (Fsp3) is 0.471. The van der Waals surface area contributed by atoms with Crippen molar-refractivity contribution in [2.45, 2.75) is 62.6 Å². The summed E-state index contributed by atoms with van der Waals surface area (Å²) in [6, 6.07) is 7.90. The van der Waals surface area contributed by atoms with Gasteiger partial charge in [0.25, 0.3) is 0 Å². The molecule has 4 aromatic rings. The SMILES string of the molecule is O=C(OCCN(CCO)CCO)c1cc(F)c2nc(N3C4CCC3CC(OC(=O)c3c(-c5c(Cl)cccc5Cl)noc3C3CC3)C4)sc2c1. The molecular formula is C34H35Cl2FN4O7S. The van der Waals surface area contributed by atoms with Crippen LogP contribution in [0.3, 0.4) is 0 Å². The molecule has 2 aromatic heterocycles. The Labute approximate surface area is 295 Å². The standard InChI is InChI=1S/C34H35Cl2FN4O7S/c35-23-2-1-3-24(36)27(23)30-28(31(48-39-30)18-4-5-18)33(45)47-22-16-20-6-7-21(17-22)41(20)34-38-29-25(37)14-19(15-26(29)49-34)32(44)46-13-10-40(8-11-42)9-12-43/h1-3,14-15,18,20-22,42-43H,4-13,16-17H2. The number of thiazole rings is 1. The Balaban J connectivity index is 1.04. The lowest BCUT2D eigenvalue weighted by Gasteiger charge is -2.38. The summed E-state index contributed by atoms with van der Waals surface area (Å²) in [5.41, 5.74) is 1.27. The molecule has 260 valence electrons. The van der Waals surface area contributed by atoms with E-state index in [2.05, 4.69) is 15.0 Å². The number of nitrogens with zero attached hydrogens (tertiary/aromatic N) is 4. The van der Waals surface area contributed by atoms with Gasteiger partial charge in [-0.2, -0.15) is 0 Å². The van der Waals surface area contributed by atoms with Gasteiger partial charge in [0.2, 0.25) is 0 Å². The van der Waals surface area contributed by atoms with E-state index in [0.717, 1.165) is 31.7 Å². The fourth-order valence-corrected chi connectivity index (χ4v) is 8.68. The highest BCUT2D eigenvalue weighted by atomic mass is 35.5. The minimum Gasteiger partial charge on any atom is -0.461 e. The number of hydrogen-bond acceptors (Lipinski definition) is 12. The third kappa shape index (κ3) is 7.02. The van der Waals surface area contributed by atoms with Gasteiger partial charge in [0.05, 0.1) is 33.5 Å². The Morgan fingerprint density at radius 3 is 2.37 bits per heavy atom. The molecule has 1 saturated carbocycles. The number of anilines is 1. The van der Waals surface area contributed by atoms with Gasteiger partial charge < -0.3 is 29.1 Å². The van der Waals surface area contributed by atoms with Crippen molar-refractivity contribution in [3.63, 3.8) is 0 Å². The van der Waals surface area contributed by atoms with Gasteiger partial charge in [-0.15, -0.1) is 0 Å². The number of carbonyl (C=O) groups is 2. The van der Waals surface area contributed by atoms with Crippen LogP contribution in [0.15, 0.2) is 34.9 Å². The lowest BCUT2D eigenvalue weighted by Crippen LogP contribution is -2.46. The molecule has 2 atom stereocenters. The molecule has 3 aliphatic rings. The highest BCUT2D eigenvalue weighted by Crippen LogP contribution is 2.47. The molecule has 2 N–H and O–H groups in total. The maximum absolute atomic E-state index is 15.3. The molecule has 15 heteroatoms. The summed E-state index contributed by atoms with van der Waals surface area (Å²) in [5, 5.41) is 23.9. The van der Waals surface area contributed by atoms with Crippen LogP contribution in [0.1, 0.15) is 70.9 Å². The maximum atomic E-state index is 15.3. The van der Waals surface area contributed by atoms with E-state index in [9.17, 15) is 19.8 Å². The van der Waals surface area contributed by atoms with Crippen LogP contribution in [-0.4, -0.2) is 94.8 Å². The number of aliphatic hydroxyl groups is 2. The molecular weight excluding hydrogens is 698 g/mol. The van der Waals surface area contributed by atoms with Gasteiger partial charge in [-0.25, -0.2) is 19.0 Å². The second-order valence-electron chi connectivity index (χ2n) is 12.7. The van der Waals surface area contributed by atoms with Crippen LogP contribution in [0, 0.1) is 5.82 Å². The zero-order valence-electron chi connectivity index (χ0n) is 26.4. The molecule has 2 bridgehead atoms. The molecule has 2 aromatic carbocycles. The van der Waals surface area contributed by atoms with Crippen molar-refractivity contribution in [3.8, 4) is 11.3 Å². The normalized spacial score (nSPS) is 20.4. The molecule has 7 rings (SSSR count). The molecule has 4 heterocycles. The number of rotatable bonds is 13. The van der Waals surface area contributed by atoms with Crippen LogP contribution in [-0.2, 0) is 9.47 Å². The number of hydrogen-bond donors (Lipinski definition) is 2. The number of benzene rings is 2. The predicted molar refractivity (Wildman–Crippen MR) is 182 cm³/mol. The number of aromatic nitrogens is 2. The predicted octanol–water partition coefficient (Wildman–Crippen LogP) is 6.07. The summed E-state index contributed by atoms with van der Waals surface area (Å²) in [4.78, 5) is 35.2. The Bertz CT molecular complexity index is 1830. The van der Waals surface area contributed by atoms with E-state index < -0.39 is 17.8 Å². The van der Waals surface area contributed by atoms with Crippen LogP contribution in [0.4, 0.5) is 9.52 Å². The van der Waals surface area contributed by atoms with E-state index in [4.69, 9.17) is 37.2 Å². The molecule has 11 nitrogen and oxygen atoms in total. The van der Waals surface area contributed by atoms with E-state index >= 15 is 4.39 Å². The molecule has 49 heavy (non-hydrogen) atoms. The number of carbonyl (C=O) groups excluding carboxylic acids is 2. The van der Waals surface area contributed by atoms with Crippen molar-refractivity contribution >= 4 is 61.8 Å². The van der Waals surface area contributed by atoms with Crippen molar-refractivity contribution in [3.05, 3.63) is 63.1 Å². The van der Waals surface area contributed by atoms with Gasteiger partial charge in [0.15, 0.2) is 16.7 Å². The largest absolute Gasteiger partial charge is 0.461 e. The molecule has 1 aliphatic carbocycles. The summed E-state index contributed by atoms with van der Waals surface area (Å²) in [5.74, 6) is -1.18. The Morgan fingerprint density at radius 2 is 1.71 bits per heavy atom. The Hall–Kier alpha value is -3.33. The molecule has 2 aliphatic heterocycles. The second kappa shape index (κ2) is 14.5. The number of aliphatic hydroxyl groups excluding tert-OH is 2. The van der Waals surface area contributed by atoms with Gasteiger partial charge in [0.1, 0.15) is 29.5 Å². The van der Waals surface area contributed by atoms with E-state index in [1.165, 1.54) is 11.3 Å². The van der Waals surface area contributed by atoms with Crippen LogP contribution >= 0.6 is 34.5 Å². The highest BCUT2D eigenvalue weighted by Gasteiger charge is 2.45. The van der Waals surface area contributed by atoms with Crippen LogP contribution in [0.5, 0.6) is 0 Å². The third-order valence-electron chi connectivity index (χ3n) is 9.40. The number of fused-ring (bicyclic) bond motifs is 3. The Morgan fingerprint density at radius 1 is 1.02 bits per heavy atom. The van der Waals surface area contributed by atoms with Crippen molar-refractivity contribution in [1.82, 2.24) is 15.0 Å². The van der Waals surface area contributed by atoms with Crippen molar-refractivity contribution in [2.24, 2.45) is 0 Å². The molecule has 2 unspecified atom stereocenters. The van der Waals surface area contributed by atoms with E-state index in [1.54, 1.807) is 29.2 Å². The van der Waals surface area contributed by atoms with Gasteiger partial charge in [-0.1, -0.05) is 45.8 Å². The zero-order valence-corrected chi connectivity index (χ0v) is 28.8. The summed E-state index contributed by atoms with van der Waals surface area (Å²) in [6.07, 6.45) is 4.35. The summed E-state index contributed by atoms with van der Waals surface area (Å²) >= 11 is 14.3. The first-order chi connectivity index (χ1) is 23.7. The molecule has 2 saturated heterocycles. The minimum atomic E-state index is -0.663. The average molecular weight is 734 g/mol. The number of esters is 2. The van der Waals surface area contributed by atoms with Crippen molar-refractivity contribution in [1.29, 1.82) is 0 Å². The van der Waals surface area contributed by atoms with Gasteiger partial charge >= 0.3 is 11.9 Å². The smallest absolute Gasteiger partial charge is 0.344 e. The second-order valence-corrected chi connectivity index (χ2v) is 14.5. The topological polar surface area (TPSA) is 138 Å². The first kappa shape index (κ1) is 34.1. The molecule has 3 fully saturated rings.